The fourth-order valence-corrected chi connectivity index (χ4v) is 1.06. The molecule has 7 heteroatoms. The molecular weight excluding hydrogens is 257 g/mol. The lowest BCUT2D eigenvalue weighted by Crippen LogP contribution is -2.41. The SMILES string of the molecule is NCC=Cc1ccc(OC(F)(F)C(F)(F)F)cc1. The number of rotatable bonds is 4. The number of hydrogen-bond donors (Lipinski definition) is 1. The molecule has 1 aromatic carbocycles. The van der Waals surface area contributed by atoms with Crippen molar-refractivity contribution in [2.45, 2.75) is 12.3 Å². The summed E-state index contributed by atoms with van der Waals surface area (Å²) < 4.78 is 64.3. The first-order valence-corrected chi connectivity index (χ1v) is 4.86. The maximum Gasteiger partial charge on any atom is 0.499 e. The summed E-state index contributed by atoms with van der Waals surface area (Å²) >= 11 is 0. The van der Waals surface area contributed by atoms with Gasteiger partial charge in [-0.2, -0.15) is 22.0 Å². The van der Waals surface area contributed by atoms with Crippen LogP contribution in [0.2, 0.25) is 0 Å². The Morgan fingerprint density at radius 1 is 1.06 bits per heavy atom. The quantitative estimate of drug-likeness (QED) is 0.850. The van der Waals surface area contributed by atoms with Crippen molar-refractivity contribution >= 4 is 6.08 Å². The van der Waals surface area contributed by atoms with Gasteiger partial charge in [-0.15, -0.1) is 0 Å². The zero-order valence-corrected chi connectivity index (χ0v) is 9.05. The first kappa shape index (κ1) is 14.4. The van der Waals surface area contributed by atoms with E-state index in [0.29, 0.717) is 12.1 Å². The van der Waals surface area contributed by atoms with Gasteiger partial charge in [0.15, 0.2) is 0 Å². The van der Waals surface area contributed by atoms with Crippen molar-refractivity contribution in [3.05, 3.63) is 35.9 Å². The first-order valence-electron chi connectivity index (χ1n) is 4.86. The lowest BCUT2D eigenvalue weighted by atomic mass is 10.2. The van der Waals surface area contributed by atoms with Crippen molar-refractivity contribution in [2.24, 2.45) is 5.73 Å². The Morgan fingerprint density at radius 2 is 1.61 bits per heavy atom. The Morgan fingerprint density at radius 3 is 2.06 bits per heavy atom. The minimum atomic E-state index is -5.74. The second-order valence-corrected chi connectivity index (χ2v) is 3.32. The summed E-state index contributed by atoms with van der Waals surface area (Å²) in [6.45, 7) is 0.296. The van der Waals surface area contributed by atoms with Gasteiger partial charge >= 0.3 is 12.3 Å². The Labute approximate surface area is 99.8 Å². The summed E-state index contributed by atoms with van der Waals surface area (Å²) in [6, 6.07) is 4.73. The summed E-state index contributed by atoms with van der Waals surface area (Å²) in [7, 11) is 0. The molecule has 0 aliphatic heterocycles. The molecule has 0 bridgehead atoms. The number of ether oxygens (including phenoxy) is 1. The van der Waals surface area contributed by atoms with Crippen LogP contribution in [-0.4, -0.2) is 18.8 Å². The topological polar surface area (TPSA) is 35.2 Å². The average molecular weight is 267 g/mol. The van der Waals surface area contributed by atoms with Gasteiger partial charge in [-0.1, -0.05) is 24.3 Å². The molecule has 0 heterocycles. The molecule has 1 rings (SSSR count). The van der Waals surface area contributed by atoms with Crippen LogP contribution in [0.3, 0.4) is 0 Å². The molecule has 0 amide bonds. The van der Waals surface area contributed by atoms with Crippen LogP contribution in [0.25, 0.3) is 6.08 Å². The predicted molar refractivity (Wildman–Crippen MR) is 56.2 cm³/mol. The molecule has 0 spiro atoms. The van der Waals surface area contributed by atoms with Crippen molar-refractivity contribution in [1.82, 2.24) is 0 Å². The lowest BCUT2D eigenvalue weighted by Gasteiger charge is -2.20. The third-order valence-electron chi connectivity index (χ3n) is 1.90. The van der Waals surface area contributed by atoms with Gasteiger partial charge in [-0.25, -0.2) is 0 Å². The van der Waals surface area contributed by atoms with E-state index in [1.54, 1.807) is 12.2 Å². The molecule has 100 valence electrons. The van der Waals surface area contributed by atoms with Gasteiger partial charge in [0.25, 0.3) is 0 Å². The molecule has 0 saturated carbocycles. The van der Waals surface area contributed by atoms with E-state index >= 15 is 0 Å². The normalized spacial score (nSPS) is 13.0. The second-order valence-electron chi connectivity index (χ2n) is 3.32. The van der Waals surface area contributed by atoms with Crippen LogP contribution in [0.15, 0.2) is 30.3 Å². The highest BCUT2D eigenvalue weighted by Gasteiger charge is 2.61. The van der Waals surface area contributed by atoms with Crippen molar-refractivity contribution in [3.8, 4) is 5.75 Å². The Bertz CT molecular complexity index is 410. The van der Waals surface area contributed by atoms with E-state index in [1.165, 1.54) is 12.1 Å². The molecule has 0 radical (unpaired) electrons. The number of nitrogens with two attached hydrogens (primary N) is 1. The molecule has 0 fully saturated rings. The van der Waals surface area contributed by atoms with Crippen molar-refractivity contribution in [3.63, 3.8) is 0 Å². The van der Waals surface area contributed by atoms with E-state index in [9.17, 15) is 22.0 Å². The van der Waals surface area contributed by atoms with Crippen LogP contribution in [0.1, 0.15) is 5.56 Å². The van der Waals surface area contributed by atoms with Crippen LogP contribution >= 0.6 is 0 Å². The van der Waals surface area contributed by atoms with Crippen LogP contribution in [0.4, 0.5) is 22.0 Å². The summed E-state index contributed by atoms with van der Waals surface area (Å²) in [6.07, 6.45) is -7.74. The van der Waals surface area contributed by atoms with Crippen LogP contribution in [0, 0.1) is 0 Å². The van der Waals surface area contributed by atoms with E-state index in [2.05, 4.69) is 4.74 Å². The number of benzene rings is 1. The fourth-order valence-electron chi connectivity index (χ4n) is 1.06. The highest BCUT2D eigenvalue weighted by Crippen LogP contribution is 2.37. The van der Waals surface area contributed by atoms with Crippen molar-refractivity contribution in [2.75, 3.05) is 6.54 Å². The van der Waals surface area contributed by atoms with Crippen molar-refractivity contribution < 1.29 is 26.7 Å². The van der Waals surface area contributed by atoms with Gasteiger partial charge in [-0.05, 0) is 17.7 Å². The molecule has 0 atom stereocenters. The van der Waals surface area contributed by atoms with Gasteiger partial charge in [-0.3, -0.25) is 0 Å². The van der Waals surface area contributed by atoms with Gasteiger partial charge in [0, 0.05) is 6.54 Å². The van der Waals surface area contributed by atoms with Crippen LogP contribution in [-0.2, 0) is 0 Å². The summed E-state index contributed by atoms with van der Waals surface area (Å²) in [4.78, 5) is 0. The van der Waals surface area contributed by atoms with E-state index in [4.69, 9.17) is 5.73 Å². The molecule has 2 N–H and O–H groups in total. The second kappa shape index (κ2) is 5.34. The third-order valence-corrected chi connectivity index (χ3v) is 1.90. The molecule has 0 aliphatic rings. The van der Waals surface area contributed by atoms with Crippen LogP contribution in [0.5, 0.6) is 5.75 Å². The third kappa shape index (κ3) is 3.69. The Hall–Kier alpha value is -1.63. The Kier molecular flexibility index (Phi) is 4.28. The zero-order valence-electron chi connectivity index (χ0n) is 9.05. The minimum Gasteiger partial charge on any atom is -0.426 e. The van der Waals surface area contributed by atoms with Crippen molar-refractivity contribution in [1.29, 1.82) is 0 Å². The number of hydrogen-bond acceptors (Lipinski definition) is 2. The van der Waals surface area contributed by atoms with Gasteiger partial charge in [0.05, 0.1) is 0 Å². The van der Waals surface area contributed by atoms with Gasteiger partial charge < -0.3 is 10.5 Å². The molecule has 18 heavy (non-hydrogen) atoms. The molecule has 2 nitrogen and oxygen atoms in total. The van der Waals surface area contributed by atoms with Crippen LogP contribution < -0.4 is 10.5 Å². The predicted octanol–water partition coefficient (Wildman–Crippen LogP) is 3.19. The molecular formula is C11H10F5NO. The number of alkyl halides is 5. The van der Waals surface area contributed by atoms with Gasteiger partial charge in [0.2, 0.25) is 0 Å². The summed E-state index contributed by atoms with van der Waals surface area (Å²) in [5.41, 5.74) is 5.82. The maximum atomic E-state index is 12.5. The monoisotopic (exact) mass is 267 g/mol. The number of halogens is 5. The molecule has 0 aromatic heterocycles. The van der Waals surface area contributed by atoms with E-state index < -0.39 is 18.0 Å². The smallest absolute Gasteiger partial charge is 0.426 e. The Balaban J connectivity index is 2.78. The largest absolute Gasteiger partial charge is 0.499 e. The molecule has 1 aromatic rings. The highest BCUT2D eigenvalue weighted by atomic mass is 19.4. The standard InChI is InChI=1S/C11H10F5NO/c12-10(13,14)11(15,16)18-9-5-3-8(4-6-9)2-1-7-17/h1-6H,7,17H2. The lowest BCUT2D eigenvalue weighted by molar-refractivity contribution is -0.360. The average Bonchev–Trinajstić information content (AvgIpc) is 2.26. The maximum absolute atomic E-state index is 12.5. The molecule has 0 unspecified atom stereocenters. The zero-order chi connectivity index (χ0) is 13.8. The first-order chi connectivity index (χ1) is 8.26. The minimum absolute atomic E-state index is 0.296. The summed E-state index contributed by atoms with van der Waals surface area (Å²) in [5.74, 6) is -0.567. The summed E-state index contributed by atoms with van der Waals surface area (Å²) in [5, 5.41) is 0. The molecule has 0 saturated heterocycles. The van der Waals surface area contributed by atoms with E-state index in [0.717, 1.165) is 12.1 Å². The van der Waals surface area contributed by atoms with Gasteiger partial charge in [0.1, 0.15) is 5.75 Å². The fraction of sp³-hybridized carbons (Fsp3) is 0.273. The van der Waals surface area contributed by atoms with E-state index in [1.807, 2.05) is 0 Å². The highest BCUT2D eigenvalue weighted by molar-refractivity contribution is 5.50. The molecule has 0 aliphatic carbocycles. The van der Waals surface area contributed by atoms with E-state index in [-0.39, 0.29) is 0 Å².